The first-order valence-corrected chi connectivity index (χ1v) is 19.6. The molecule has 170 valence electrons. The summed E-state index contributed by atoms with van der Waals surface area (Å²) in [5.41, 5.74) is 0. The molecule has 0 amide bonds. The highest BCUT2D eigenvalue weighted by molar-refractivity contribution is 9.42. The third kappa shape index (κ3) is 6.63. The van der Waals surface area contributed by atoms with Crippen molar-refractivity contribution in [1.29, 1.82) is 0 Å². The maximum Gasteiger partial charge on any atom is 0.162 e. The van der Waals surface area contributed by atoms with Crippen molar-refractivity contribution < 1.29 is 5.11 Å². The van der Waals surface area contributed by atoms with E-state index in [4.69, 9.17) is 0 Å². The minimum atomic E-state index is -1.02. The van der Waals surface area contributed by atoms with E-state index in [1.807, 2.05) is 0 Å². The zero-order chi connectivity index (χ0) is 23.4. The van der Waals surface area contributed by atoms with Gasteiger partial charge in [-0.05, 0) is 6.42 Å². The number of rotatable bonds is 8. The van der Waals surface area contributed by atoms with Gasteiger partial charge in [-0.2, -0.15) is 0 Å². The van der Waals surface area contributed by atoms with Gasteiger partial charge in [0.2, 0.25) is 0 Å². The lowest BCUT2D eigenvalue weighted by molar-refractivity contribution is 0.282. The second-order valence-electron chi connectivity index (χ2n) is 5.12. The molecule has 1 nitrogen and oxygen atoms in total. The fourth-order valence-electron chi connectivity index (χ4n) is 1.49. The van der Waals surface area contributed by atoms with Crippen molar-refractivity contribution >= 4 is 271 Å². The molecule has 28 heavy (non-hydrogen) atoms. The molecule has 0 unspecified atom stereocenters. The molecule has 0 atom stereocenters. The number of halogens is 17. The monoisotopic (exact) mass is 1480 g/mol. The van der Waals surface area contributed by atoms with Crippen LogP contribution in [0.4, 0.5) is 0 Å². The first kappa shape index (κ1) is 36.1. The van der Waals surface area contributed by atoms with Crippen LogP contribution in [-0.4, -0.2) is 36.5 Å². The summed E-state index contributed by atoms with van der Waals surface area (Å²) >= 11 is 63.3. The third-order valence-corrected chi connectivity index (χ3v) is 37.4. The van der Waals surface area contributed by atoms with Crippen molar-refractivity contribution in [2.75, 3.05) is 6.61 Å². The Morgan fingerprint density at radius 2 is 0.643 bits per heavy atom. The largest absolute Gasteiger partial charge is 0.396 e. The van der Waals surface area contributed by atoms with Gasteiger partial charge in [-0.25, -0.2) is 0 Å². The minimum absolute atomic E-state index is 0.0527. The molecule has 0 heterocycles. The van der Waals surface area contributed by atoms with Crippen LogP contribution in [0.3, 0.4) is 0 Å². The molecule has 0 saturated heterocycles. The van der Waals surface area contributed by atoms with Crippen LogP contribution in [0.5, 0.6) is 0 Å². The van der Waals surface area contributed by atoms with Crippen molar-refractivity contribution in [3.63, 3.8) is 0 Å². The molecule has 0 fully saturated rings. The summed E-state index contributed by atoms with van der Waals surface area (Å²) in [7, 11) is 0. The topological polar surface area (TPSA) is 20.2 Å². The Morgan fingerprint density at radius 3 is 0.893 bits per heavy atom. The molecule has 0 aromatic heterocycles. The van der Waals surface area contributed by atoms with Crippen molar-refractivity contribution in [1.82, 2.24) is 0 Å². The average molecular weight is 1500 g/mol. The second kappa shape index (κ2) is 12.1. The van der Waals surface area contributed by atoms with E-state index in [1.54, 1.807) is 0 Å². The van der Waals surface area contributed by atoms with Gasteiger partial charge < -0.3 is 5.11 Å². The van der Waals surface area contributed by atoms with Crippen LogP contribution >= 0.6 is 271 Å². The lowest BCUT2D eigenvalue weighted by atomic mass is 10.1. The van der Waals surface area contributed by atoms with Gasteiger partial charge >= 0.3 is 0 Å². The number of aliphatic hydroxyl groups is 1. The Kier molecular flexibility index (Phi) is 15.6. The Morgan fingerprint density at radius 1 is 0.393 bits per heavy atom. The molecule has 0 bridgehead atoms. The minimum Gasteiger partial charge on any atom is -0.396 e. The molecule has 0 aromatic carbocycles. The van der Waals surface area contributed by atoms with E-state index >= 15 is 0 Å². The van der Waals surface area contributed by atoms with Crippen molar-refractivity contribution in [2.24, 2.45) is 0 Å². The second-order valence-corrected chi connectivity index (χ2v) is 36.3. The third-order valence-electron chi connectivity index (χ3n) is 3.21. The molecular formula is C10H5Br17O. The fourth-order valence-corrected chi connectivity index (χ4v) is 16.7. The summed E-state index contributed by atoms with van der Waals surface area (Å²) in [4.78, 5) is 0. The summed E-state index contributed by atoms with van der Waals surface area (Å²) in [5, 5.41) is 9.50. The molecular weight excluding hydrogens is 1490 g/mol. The predicted octanol–water partition coefficient (Wildman–Crippen LogP) is 12.6. The van der Waals surface area contributed by atoms with Crippen LogP contribution in [0.25, 0.3) is 0 Å². The molecule has 0 aliphatic rings. The van der Waals surface area contributed by atoms with Crippen LogP contribution in [0.2, 0.25) is 0 Å². The van der Waals surface area contributed by atoms with E-state index in [0.29, 0.717) is 6.42 Å². The fraction of sp³-hybridized carbons (Fsp3) is 1.00. The quantitative estimate of drug-likeness (QED) is 0.240. The molecule has 1 N–H and O–H groups in total. The molecule has 0 rings (SSSR count). The van der Waals surface area contributed by atoms with Crippen LogP contribution in [0.1, 0.15) is 6.42 Å². The molecule has 18 heteroatoms. The van der Waals surface area contributed by atoms with E-state index in [1.165, 1.54) is 0 Å². The van der Waals surface area contributed by atoms with Gasteiger partial charge in [0.25, 0.3) is 0 Å². The van der Waals surface area contributed by atoms with E-state index in [-0.39, 0.29) is 6.61 Å². The number of hydrogen-bond donors (Lipinski definition) is 1. The summed E-state index contributed by atoms with van der Waals surface area (Å²) in [6.45, 7) is -0.0527. The predicted molar refractivity (Wildman–Crippen MR) is 185 cm³/mol. The van der Waals surface area contributed by atoms with Gasteiger partial charge in [0.1, 0.15) is 22.6 Å². The van der Waals surface area contributed by atoms with Crippen LogP contribution in [-0.2, 0) is 0 Å². The van der Waals surface area contributed by atoms with Gasteiger partial charge in [0.15, 0.2) is 2.14 Å². The summed E-state index contributed by atoms with van der Waals surface area (Å²) in [6, 6.07) is 0. The molecule has 0 spiro atoms. The lowest BCUT2D eigenvalue weighted by Crippen LogP contribution is -2.67. The smallest absolute Gasteiger partial charge is 0.162 e. The normalized spacial score (nSPS) is 16.5. The van der Waals surface area contributed by atoms with E-state index < -0.39 is 24.8 Å². The van der Waals surface area contributed by atoms with Gasteiger partial charge in [-0.3, -0.25) is 0 Å². The van der Waals surface area contributed by atoms with E-state index in [0.717, 1.165) is 0 Å². The molecule has 0 saturated carbocycles. The highest BCUT2D eigenvalue weighted by atomic mass is 80.0. The Balaban J connectivity index is 6.63. The molecule has 0 aliphatic heterocycles. The van der Waals surface area contributed by atoms with Crippen LogP contribution in [0, 0.1) is 0 Å². The van der Waals surface area contributed by atoms with Crippen molar-refractivity contribution in [3.05, 3.63) is 0 Å². The average Bonchev–Trinajstić information content (AvgIpc) is 2.44. The van der Waals surface area contributed by atoms with Gasteiger partial charge in [0, 0.05) is 6.61 Å². The van der Waals surface area contributed by atoms with Gasteiger partial charge in [-0.1, -0.05) is 271 Å². The maximum atomic E-state index is 9.50. The van der Waals surface area contributed by atoms with Gasteiger partial charge in [-0.15, -0.1) is 0 Å². The SMILES string of the molecule is OCCC(Br)(Br)C(Br)(Br)C(Br)(Br)C(Br)(Br)C(Br)(Br)C(Br)(Br)C(Br)(Br)C(Br)(Br)Br. The first-order chi connectivity index (χ1) is 11.8. The highest BCUT2D eigenvalue weighted by Gasteiger charge is 2.77. The van der Waals surface area contributed by atoms with Gasteiger partial charge in [0.05, 0.1) is 0 Å². The number of aliphatic hydroxyl groups excluding tert-OH is 1. The van der Waals surface area contributed by atoms with Crippen LogP contribution < -0.4 is 0 Å². The Labute approximate surface area is 307 Å². The number of alkyl halides is 17. The zero-order valence-corrected chi connectivity index (χ0v) is 39.2. The molecule has 0 aliphatic carbocycles. The van der Waals surface area contributed by atoms with Crippen molar-refractivity contribution in [2.45, 2.75) is 31.2 Å². The Bertz CT molecular complexity index is 559. The summed E-state index contributed by atoms with van der Waals surface area (Å²) < 4.78 is -7.37. The maximum absolute atomic E-state index is 9.50. The summed E-state index contributed by atoms with van der Waals surface area (Å²) in [6.07, 6.45) is 0.373. The highest BCUT2D eigenvalue weighted by Crippen LogP contribution is 2.78. The Hall–Kier alpha value is 8.12. The zero-order valence-electron chi connectivity index (χ0n) is 12.3. The number of hydrogen-bond acceptors (Lipinski definition) is 1. The van der Waals surface area contributed by atoms with Crippen LogP contribution in [0.15, 0.2) is 0 Å². The van der Waals surface area contributed by atoms with E-state index in [9.17, 15) is 5.11 Å². The molecule has 0 aromatic rings. The first-order valence-electron chi connectivity index (χ1n) is 6.13. The molecule has 0 radical (unpaired) electrons. The van der Waals surface area contributed by atoms with Crippen molar-refractivity contribution in [3.8, 4) is 0 Å². The lowest BCUT2D eigenvalue weighted by Gasteiger charge is -2.57. The van der Waals surface area contributed by atoms with E-state index in [2.05, 4.69) is 271 Å². The standard InChI is InChI=1S/C10H5Br17O/c11-3(12,1-2-28)4(13,14)5(15,16)6(17,18)7(19,20)8(21,22)9(23,24)10(25,26)27/h28H,1-2H2. The summed E-state index contributed by atoms with van der Waals surface area (Å²) in [5.74, 6) is 0.